The molecule has 0 spiro atoms. The molecule has 0 amide bonds. The highest BCUT2D eigenvalue weighted by Crippen LogP contribution is 2.18. The molecule has 1 saturated heterocycles. The van der Waals surface area contributed by atoms with Gasteiger partial charge in [-0.15, -0.1) is 0 Å². The molecule has 1 heterocycles. The SMILES string of the molecule is CC1NC1OC(C)(C)C. The Morgan fingerprint density at radius 1 is 1.33 bits per heavy atom. The summed E-state index contributed by atoms with van der Waals surface area (Å²) in [6.45, 7) is 8.33. The summed E-state index contributed by atoms with van der Waals surface area (Å²) >= 11 is 0. The van der Waals surface area contributed by atoms with Gasteiger partial charge in [-0.2, -0.15) is 0 Å². The molecule has 1 fully saturated rings. The van der Waals surface area contributed by atoms with Gasteiger partial charge in [0.2, 0.25) is 0 Å². The second-order valence-corrected chi connectivity index (χ2v) is 3.61. The fraction of sp³-hybridized carbons (Fsp3) is 1.00. The van der Waals surface area contributed by atoms with E-state index in [0.717, 1.165) is 0 Å². The Bertz CT molecular complexity index is 106. The zero-order valence-electron chi connectivity index (χ0n) is 6.56. The molecule has 54 valence electrons. The van der Waals surface area contributed by atoms with Crippen LogP contribution in [0.15, 0.2) is 0 Å². The Labute approximate surface area is 56.6 Å². The molecule has 0 saturated carbocycles. The molecule has 0 aromatic rings. The molecule has 1 aliphatic heterocycles. The van der Waals surface area contributed by atoms with E-state index in [1.165, 1.54) is 0 Å². The molecule has 1 aliphatic rings. The van der Waals surface area contributed by atoms with Crippen LogP contribution in [-0.4, -0.2) is 17.9 Å². The molecule has 2 unspecified atom stereocenters. The van der Waals surface area contributed by atoms with Crippen LogP contribution in [0.5, 0.6) is 0 Å². The smallest absolute Gasteiger partial charge is 0.124 e. The maximum absolute atomic E-state index is 5.55. The van der Waals surface area contributed by atoms with Crippen LogP contribution in [0.1, 0.15) is 27.7 Å². The average Bonchev–Trinajstić information content (AvgIpc) is 2.13. The Hall–Kier alpha value is -0.0800. The van der Waals surface area contributed by atoms with Gasteiger partial charge in [0.1, 0.15) is 6.23 Å². The zero-order valence-corrected chi connectivity index (χ0v) is 6.56. The summed E-state index contributed by atoms with van der Waals surface area (Å²) in [6, 6.07) is 0.559. The summed E-state index contributed by atoms with van der Waals surface area (Å²) in [5, 5.41) is 3.17. The predicted octanol–water partition coefficient (Wildman–Crippen LogP) is 1.12. The number of nitrogens with one attached hydrogen (secondary N) is 1. The zero-order chi connectivity index (χ0) is 7.07. The average molecular weight is 129 g/mol. The summed E-state index contributed by atoms with van der Waals surface area (Å²) in [6.07, 6.45) is 0.310. The Balaban J connectivity index is 2.19. The third kappa shape index (κ3) is 2.33. The highest BCUT2D eigenvalue weighted by atomic mass is 16.5. The van der Waals surface area contributed by atoms with E-state index in [1.54, 1.807) is 0 Å². The van der Waals surface area contributed by atoms with Gasteiger partial charge >= 0.3 is 0 Å². The number of ether oxygens (including phenoxy) is 1. The molecule has 0 aliphatic carbocycles. The maximum Gasteiger partial charge on any atom is 0.124 e. The molecule has 2 heteroatoms. The van der Waals surface area contributed by atoms with Gasteiger partial charge in [0.05, 0.1) is 5.60 Å². The van der Waals surface area contributed by atoms with Gasteiger partial charge in [0, 0.05) is 6.04 Å². The lowest BCUT2D eigenvalue weighted by Gasteiger charge is -2.18. The fourth-order valence-corrected chi connectivity index (χ4v) is 0.721. The molecule has 1 N–H and O–H groups in total. The first kappa shape index (κ1) is 7.03. The Kier molecular flexibility index (Phi) is 1.53. The van der Waals surface area contributed by atoms with E-state index in [2.05, 4.69) is 33.0 Å². The van der Waals surface area contributed by atoms with E-state index in [1.807, 2.05) is 0 Å². The predicted molar refractivity (Wildman–Crippen MR) is 37.2 cm³/mol. The standard InChI is InChI=1S/C7H15NO/c1-5-6(8-5)9-7(2,3)4/h5-6,8H,1-4H3. The van der Waals surface area contributed by atoms with Crippen LogP contribution < -0.4 is 5.32 Å². The van der Waals surface area contributed by atoms with Crippen LogP contribution in [0.25, 0.3) is 0 Å². The Morgan fingerprint density at radius 3 is 1.89 bits per heavy atom. The minimum Gasteiger partial charge on any atom is -0.356 e. The number of hydrogen-bond donors (Lipinski definition) is 1. The van der Waals surface area contributed by atoms with Crippen molar-refractivity contribution >= 4 is 0 Å². The van der Waals surface area contributed by atoms with Crippen molar-refractivity contribution in [1.82, 2.24) is 5.32 Å². The minimum absolute atomic E-state index is 0.00241. The second kappa shape index (κ2) is 1.96. The molecule has 1 rings (SSSR count). The first-order valence-electron chi connectivity index (χ1n) is 3.43. The van der Waals surface area contributed by atoms with E-state index in [0.29, 0.717) is 12.3 Å². The van der Waals surface area contributed by atoms with Crippen molar-refractivity contribution in [3.8, 4) is 0 Å². The van der Waals surface area contributed by atoms with Crippen LogP contribution in [0.4, 0.5) is 0 Å². The highest BCUT2D eigenvalue weighted by Gasteiger charge is 2.35. The molecule has 2 atom stereocenters. The van der Waals surface area contributed by atoms with E-state index < -0.39 is 0 Å². The second-order valence-electron chi connectivity index (χ2n) is 3.61. The summed E-state index contributed by atoms with van der Waals surface area (Å²) in [5.41, 5.74) is 0.00241. The van der Waals surface area contributed by atoms with Gasteiger partial charge in [-0.3, -0.25) is 5.32 Å². The van der Waals surface area contributed by atoms with E-state index >= 15 is 0 Å². The molecule has 9 heavy (non-hydrogen) atoms. The van der Waals surface area contributed by atoms with Crippen molar-refractivity contribution in [3.63, 3.8) is 0 Å². The third-order valence-corrected chi connectivity index (χ3v) is 1.25. The first-order chi connectivity index (χ1) is 3.99. The van der Waals surface area contributed by atoms with Crippen molar-refractivity contribution < 1.29 is 4.74 Å². The van der Waals surface area contributed by atoms with Crippen LogP contribution in [0.2, 0.25) is 0 Å². The lowest BCUT2D eigenvalue weighted by Crippen LogP contribution is -2.22. The topological polar surface area (TPSA) is 31.2 Å². The van der Waals surface area contributed by atoms with Crippen LogP contribution in [0, 0.1) is 0 Å². The van der Waals surface area contributed by atoms with Gasteiger partial charge in [-0.25, -0.2) is 0 Å². The molecule has 0 aromatic heterocycles. The molecule has 0 radical (unpaired) electrons. The van der Waals surface area contributed by atoms with Crippen LogP contribution >= 0.6 is 0 Å². The minimum atomic E-state index is 0.00241. The van der Waals surface area contributed by atoms with Gasteiger partial charge < -0.3 is 4.74 Å². The summed E-state index contributed by atoms with van der Waals surface area (Å²) in [7, 11) is 0. The summed E-state index contributed by atoms with van der Waals surface area (Å²) in [4.78, 5) is 0. The van der Waals surface area contributed by atoms with Crippen molar-refractivity contribution in [2.75, 3.05) is 0 Å². The molecule has 2 nitrogen and oxygen atoms in total. The fourth-order valence-electron chi connectivity index (χ4n) is 0.721. The quantitative estimate of drug-likeness (QED) is 0.538. The molecule has 0 aromatic carbocycles. The highest BCUT2D eigenvalue weighted by molar-refractivity contribution is 4.88. The van der Waals surface area contributed by atoms with Crippen molar-refractivity contribution in [3.05, 3.63) is 0 Å². The summed E-state index contributed by atoms with van der Waals surface area (Å²) < 4.78 is 5.55. The van der Waals surface area contributed by atoms with Crippen LogP contribution in [0.3, 0.4) is 0 Å². The van der Waals surface area contributed by atoms with Gasteiger partial charge in [-0.05, 0) is 27.7 Å². The Morgan fingerprint density at radius 2 is 1.78 bits per heavy atom. The normalized spacial score (nSPS) is 34.7. The van der Waals surface area contributed by atoms with Gasteiger partial charge in [0.25, 0.3) is 0 Å². The molecular formula is C7H15NO. The number of hydrogen-bond acceptors (Lipinski definition) is 2. The van der Waals surface area contributed by atoms with E-state index in [-0.39, 0.29) is 5.60 Å². The lowest BCUT2D eigenvalue weighted by molar-refractivity contribution is -0.0202. The van der Waals surface area contributed by atoms with E-state index in [4.69, 9.17) is 4.74 Å². The largest absolute Gasteiger partial charge is 0.356 e. The van der Waals surface area contributed by atoms with Crippen molar-refractivity contribution in [1.29, 1.82) is 0 Å². The van der Waals surface area contributed by atoms with Gasteiger partial charge in [-0.1, -0.05) is 0 Å². The van der Waals surface area contributed by atoms with Crippen LogP contribution in [-0.2, 0) is 4.74 Å². The van der Waals surface area contributed by atoms with E-state index in [9.17, 15) is 0 Å². The molecular weight excluding hydrogens is 114 g/mol. The first-order valence-corrected chi connectivity index (χ1v) is 3.43. The van der Waals surface area contributed by atoms with Gasteiger partial charge in [0.15, 0.2) is 0 Å². The lowest BCUT2D eigenvalue weighted by atomic mass is 10.2. The van der Waals surface area contributed by atoms with Crippen molar-refractivity contribution in [2.24, 2.45) is 0 Å². The third-order valence-electron chi connectivity index (χ3n) is 1.25. The monoisotopic (exact) mass is 129 g/mol. The maximum atomic E-state index is 5.55. The molecule has 0 bridgehead atoms. The summed E-state index contributed by atoms with van der Waals surface area (Å²) in [5.74, 6) is 0. The van der Waals surface area contributed by atoms with Crippen molar-refractivity contribution in [2.45, 2.75) is 45.6 Å². The number of rotatable bonds is 1.